The Labute approximate surface area is 106 Å². The zero-order valence-corrected chi connectivity index (χ0v) is 10.9. The van der Waals surface area contributed by atoms with E-state index in [1.807, 2.05) is 0 Å². The summed E-state index contributed by atoms with van der Waals surface area (Å²) in [4.78, 5) is 13.6. The van der Waals surface area contributed by atoms with E-state index in [-0.39, 0.29) is 5.92 Å². The highest BCUT2D eigenvalue weighted by Gasteiger charge is 2.26. The molecule has 1 aliphatic rings. The molecular formula is C13H19NO2S. The van der Waals surface area contributed by atoms with Gasteiger partial charge in [-0.15, -0.1) is 11.3 Å². The largest absolute Gasteiger partial charge is 0.481 e. The number of hydrogen-bond donors (Lipinski definition) is 2. The van der Waals surface area contributed by atoms with Crippen molar-refractivity contribution in [2.75, 3.05) is 0 Å². The molecule has 2 atom stereocenters. The summed E-state index contributed by atoms with van der Waals surface area (Å²) >= 11 is 1.80. The maximum atomic E-state index is 11.0. The van der Waals surface area contributed by atoms with Crippen molar-refractivity contribution in [1.29, 1.82) is 0 Å². The van der Waals surface area contributed by atoms with Gasteiger partial charge in [-0.1, -0.05) is 6.42 Å². The second-order valence-corrected chi connectivity index (χ2v) is 6.16. The van der Waals surface area contributed by atoms with Crippen LogP contribution in [0.2, 0.25) is 0 Å². The van der Waals surface area contributed by atoms with Crippen molar-refractivity contribution in [3.8, 4) is 0 Å². The van der Waals surface area contributed by atoms with Crippen molar-refractivity contribution >= 4 is 17.3 Å². The summed E-state index contributed by atoms with van der Waals surface area (Å²) in [6.07, 6.45) is 3.75. The van der Waals surface area contributed by atoms with E-state index in [9.17, 15) is 4.79 Å². The second-order valence-electron chi connectivity index (χ2n) is 4.79. The Morgan fingerprint density at radius 1 is 1.53 bits per heavy atom. The topological polar surface area (TPSA) is 49.3 Å². The molecule has 17 heavy (non-hydrogen) atoms. The molecule has 2 unspecified atom stereocenters. The summed E-state index contributed by atoms with van der Waals surface area (Å²) < 4.78 is 0. The summed E-state index contributed by atoms with van der Waals surface area (Å²) in [7, 11) is 0. The number of hydrogen-bond acceptors (Lipinski definition) is 3. The Balaban J connectivity index is 1.81. The predicted molar refractivity (Wildman–Crippen MR) is 69.3 cm³/mol. The van der Waals surface area contributed by atoms with E-state index < -0.39 is 5.97 Å². The van der Waals surface area contributed by atoms with Crippen LogP contribution in [-0.2, 0) is 11.3 Å². The Morgan fingerprint density at radius 2 is 2.35 bits per heavy atom. The molecular weight excluding hydrogens is 234 g/mol. The van der Waals surface area contributed by atoms with E-state index in [0.29, 0.717) is 6.04 Å². The first-order chi connectivity index (χ1) is 8.15. The molecule has 1 fully saturated rings. The molecule has 2 rings (SSSR count). The Hall–Kier alpha value is -0.870. The van der Waals surface area contributed by atoms with Gasteiger partial charge in [-0.2, -0.15) is 0 Å². The number of carboxylic acids is 1. The van der Waals surface area contributed by atoms with Gasteiger partial charge in [-0.25, -0.2) is 0 Å². The van der Waals surface area contributed by atoms with E-state index in [4.69, 9.17) is 5.11 Å². The van der Waals surface area contributed by atoms with Crippen LogP contribution in [-0.4, -0.2) is 17.1 Å². The Bertz CT molecular complexity index is 389. The van der Waals surface area contributed by atoms with Crippen molar-refractivity contribution in [3.05, 3.63) is 21.9 Å². The lowest BCUT2D eigenvalue weighted by Gasteiger charge is -2.27. The smallest absolute Gasteiger partial charge is 0.306 e. The molecule has 0 aromatic carbocycles. The maximum Gasteiger partial charge on any atom is 0.306 e. The minimum Gasteiger partial charge on any atom is -0.481 e. The molecule has 0 spiro atoms. The highest BCUT2D eigenvalue weighted by Crippen LogP contribution is 2.25. The lowest BCUT2D eigenvalue weighted by Crippen LogP contribution is -2.35. The van der Waals surface area contributed by atoms with E-state index >= 15 is 0 Å². The van der Waals surface area contributed by atoms with E-state index in [0.717, 1.165) is 32.2 Å². The standard InChI is InChI=1S/C13H19NO2S/c1-9-5-6-12(17-9)8-14-11-4-2-3-10(7-11)13(15)16/h5-6,10-11,14H,2-4,7-8H2,1H3,(H,15,16). The fraction of sp³-hybridized carbons (Fsp3) is 0.615. The van der Waals surface area contributed by atoms with Crippen molar-refractivity contribution < 1.29 is 9.90 Å². The molecule has 1 saturated carbocycles. The van der Waals surface area contributed by atoms with Gasteiger partial charge in [0, 0.05) is 22.3 Å². The zero-order chi connectivity index (χ0) is 12.3. The monoisotopic (exact) mass is 253 g/mol. The third kappa shape index (κ3) is 3.54. The van der Waals surface area contributed by atoms with Gasteiger partial charge in [0.05, 0.1) is 5.92 Å². The highest BCUT2D eigenvalue weighted by molar-refractivity contribution is 7.11. The molecule has 1 heterocycles. The van der Waals surface area contributed by atoms with Crippen LogP contribution in [0.15, 0.2) is 12.1 Å². The minimum absolute atomic E-state index is 0.147. The van der Waals surface area contributed by atoms with Crippen LogP contribution < -0.4 is 5.32 Å². The van der Waals surface area contributed by atoms with Gasteiger partial charge < -0.3 is 10.4 Å². The molecule has 1 aromatic rings. The van der Waals surface area contributed by atoms with Gasteiger partial charge >= 0.3 is 5.97 Å². The number of aliphatic carboxylic acids is 1. The number of aryl methyl sites for hydroxylation is 1. The van der Waals surface area contributed by atoms with Crippen LogP contribution in [0, 0.1) is 12.8 Å². The summed E-state index contributed by atoms with van der Waals surface area (Å²) in [6, 6.07) is 4.64. The van der Waals surface area contributed by atoms with Crippen molar-refractivity contribution in [1.82, 2.24) is 5.32 Å². The average Bonchev–Trinajstić information content (AvgIpc) is 2.73. The number of rotatable bonds is 4. The number of nitrogens with one attached hydrogen (secondary N) is 1. The van der Waals surface area contributed by atoms with Gasteiger partial charge in [0.2, 0.25) is 0 Å². The van der Waals surface area contributed by atoms with Crippen LogP contribution in [0.3, 0.4) is 0 Å². The van der Waals surface area contributed by atoms with Crippen LogP contribution in [0.4, 0.5) is 0 Å². The van der Waals surface area contributed by atoms with E-state index in [1.54, 1.807) is 11.3 Å². The van der Waals surface area contributed by atoms with Crippen LogP contribution in [0.1, 0.15) is 35.4 Å². The molecule has 94 valence electrons. The average molecular weight is 253 g/mol. The van der Waals surface area contributed by atoms with Crippen LogP contribution in [0.5, 0.6) is 0 Å². The summed E-state index contributed by atoms with van der Waals surface area (Å²) in [5, 5.41) is 12.5. The van der Waals surface area contributed by atoms with Crippen molar-refractivity contribution in [3.63, 3.8) is 0 Å². The maximum absolute atomic E-state index is 11.0. The van der Waals surface area contributed by atoms with Gasteiger partial charge in [0.25, 0.3) is 0 Å². The van der Waals surface area contributed by atoms with Gasteiger partial charge in [-0.05, 0) is 38.3 Å². The minimum atomic E-state index is -0.636. The molecule has 0 aliphatic heterocycles. The predicted octanol–water partition coefficient (Wildman–Crippen LogP) is 2.79. The number of carbonyl (C=O) groups is 1. The molecule has 1 aliphatic carbocycles. The first kappa shape index (κ1) is 12.6. The molecule has 0 bridgehead atoms. The van der Waals surface area contributed by atoms with E-state index in [1.165, 1.54) is 9.75 Å². The first-order valence-electron chi connectivity index (χ1n) is 6.16. The first-order valence-corrected chi connectivity index (χ1v) is 6.98. The van der Waals surface area contributed by atoms with E-state index in [2.05, 4.69) is 24.4 Å². The molecule has 2 N–H and O–H groups in total. The fourth-order valence-corrected chi connectivity index (χ4v) is 3.27. The zero-order valence-electron chi connectivity index (χ0n) is 10.1. The summed E-state index contributed by atoms with van der Waals surface area (Å²) in [5.41, 5.74) is 0. The third-order valence-corrected chi connectivity index (χ3v) is 4.39. The summed E-state index contributed by atoms with van der Waals surface area (Å²) in [5.74, 6) is -0.783. The van der Waals surface area contributed by atoms with Crippen molar-refractivity contribution in [2.45, 2.75) is 45.2 Å². The lowest BCUT2D eigenvalue weighted by atomic mass is 9.86. The second kappa shape index (κ2) is 5.65. The van der Waals surface area contributed by atoms with Gasteiger partial charge in [0.1, 0.15) is 0 Å². The normalized spacial score (nSPS) is 24.8. The SMILES string of the molecule is Cc1ccc(CNC2CCCC(C(=O)O)C2)s1. The Morgan fingerprint density at radius 3 is 3.00 bits per heavy atom. The number of carboxylic acid groups (broad SMARTS) is 1. The van der Waals surface area contributed by atoms with Crippen LogP contribution in [0.25, 0.3) is 0 Å². The summed E-state index contributed by atoms with van der Waals surface area (Å²) in [6.45, 7) is 2.98. The lowest BCUT2D eigenvalue weighted by molar-refractivity contribution is -0.143. The van der Waals surface area contributed by atoms with Gasteiger partial charge in [0.15, 0.2) is 0 Å². The molecule has 0 amide bonds. The number of thiophene rings is 1. The molecule has 1 aromatic heterocycles. The van der Waals surface area contributed by atoms with Crippen LogP contribution >= 0.6 is 11.3 Å². The van der Waals surface area contributed by atoms with Crippen molar-refractivity contribution in [2.24, 2.45) is 5.92 Å². The van der Waals surface area contributed by atoms with Gasteiger partial charge in [-0.3, -0.25) is 4.79 Å². The Kier molecular flexibility index (Phi) is 4.18. The third-order valence-electron chi connectivity index (χ3n) is 3.38. The fourth-order valence-electron chi connectivity index (χ4n) is 2.42. The molecule has 3 nitrogen and oxygen atoms in total. The molecule has 0 radical (unpaired) electrons. The molecule has 4 heteroatoms. The molecule has 0 saturated heterocycles. The quantitative estimate of drug-likeness (QED) is 0.867. The highest BCUT2D eigenvalue weighted by atomic mass is 32.1.